The largest absolute Gasteiger partial charge is 0.497 e. The number of amides is 2. The molecule has 2 aliphatic rings. The maximum absolute atomic E-state index is 12.9. The number of rotatable bonds is 6. The highest BCUT2D eigenvalue weighted by molar-refractivity contribution is 6.22. The molecule has 148 valence electrons. The summed E-state index contributed by atoms with van der Waals surface area (Å²) in [4.78, 5) is 39.4. The molecule has 0 N–H and O–H groups in total. The molecule has 1 fully saturated rings. The number of anilines is 1. The maximum atomic E-state index is 12.9. The Kier molecular flexibility index (Phi) is 5.16. The van der Waals surface area contributed by atoms with E-state index in [0.29, 0.717) is 35.6 Å². The Morgan fingerprint density at radius 2 is 1.59 bits per heavy atom. The van der Waals surface area contributed by atoms with E-state index in [9.17, 15) is 14.4 Å². The minimum Gasteiger partial charge on any atom is -0.497 e. The Hall–Kier alpha value is -3.41. The standard InChI is InChI=1S/C23H21NO5/c1-28-16-12-10-15(11-13-16)20(25)14-29-21-9-5-4-8-19(21)24-22(26)17-6-2-3-7-18(17)23(24)27/h2-5,8-13,17-18H,6-7,14H2,1H3/t17-,18-/m0/s1. The number of nitrogens with zero attached hydrogens (tertiary/aromatic N) is 1. The molecule has 2 aromatic carbocycles. The van der Waals surface area contributed by atoms with Gasteiger partial charge < -0.3 is 9.47 Å². The lowest BCUT2D eigenvalue weighted by Gasteiger charge is -2.19. The number of ether oxygens (including phenoxy) is 2. The van der Waals surface area contributed by atoms with E-state index in [-0.39, 0.29) is 36.0 Å². The van der Waals surface area contributed by atoms with Crippen LogP contribution in [0.3, 0.4) is 0 Å². The number of methoxy groups -OCH3 is 1. The van der Waals surface area contributed by atoms with E-state index in [4.69, 9.17) is 9.47 Å². The Morgan fingerprint density at radius 1 is 0.966 bits per heavy atom. The zero-order valence-corrected chi connectivity index (χ0v) is 16.0. The van der Waals surface area contributed by atoms with Gasteiger partial charge in [-0.2, -0.15) is 0 Å². The summed E-state index contributed by atoms with van der Waals surface area (Å²) >= 11 is 0. The third-order valence-electron chi connectivity index (χ3n) is 5.38. The van der Waals surface area contributed by atoms with E-state index in [0.717, 1.165) is 0 Å². The SMILES string of the molecule is COc1ccc(C(=O)COc2ccccc2N2C(=O)[C@H]3CC=CC[C@@H]3C2=O)cc1. The Bertz CT molecular complexity index is 953. The van der Waals surface area contributed by atoms with E-state index < -0.39 is 0 Å². The van der Waals surface area contributed by atoms with Gasteiger partial charge in [0.05, 0.1) is 24.6 Å². The second-order valence-corrected chi connectivity index (χ2v) is 7.08. The number of ketones is 1. The summed E-state index contributed by atoms with van der Waals surface area (Å²) < 4.78 is 10.8. The molecule has 1 saturated heterocycles. The van der Waals surface area contributed by atoms with Crippen molar-refractivity contribution in [2.75, 3.05) is 18.6 Å². The fourth-order valence-corrected chi connectivity index (χ4v) is 3.81. The normalized spacial score (nSPS) is 20.5. The number of imide groups is 1. The molecule has 29 heavy (non-hydrogen) atoms. The zero-order chi connectivity index (χ0) is 20.4. The predicted octanol–water partition coefficient (Wildman–Crippen LogP) is 3.41. The summed E-state index contributed by atoms with van der Waals surface area (Å²) in [5.74, 6) is -0.261. The van der Waals surface area contributed by atoms with Crippen LogP contribution in [0.1, 0.15) is 23.2 Å². The van der Waals surface area contributed by atoms with Crippen molar-refractivity contribution in [1.82, 2.24) is 0 Å². The van der Waals surface area contributed by atoms with E-state index in [1.54, 1.807) is 55.6 Å². The van der Waals surface area contributed by atoms with Crippen LogP contribution < -0.4 is 14.4 Å². The average molecular weight is 391 g/mol. The molecule has 0 bridgehead atoms. The Labute approximate surface area is 168 Å². The van der Waals surface area contributed by atoms with Crippen LogP contribution in [0, 0.1) is 11.8 Å². The molecule has 1 heterocycles. The number of allylic oxidation sites excluding steroid dienone is 2. The fourth-order valence-electron chi connectivity index (χ4n) is 3.81. The van der Waals surface area contributed by atoms with Crippen LogP contribution in [0.25, 0.3) is 0 Å². The lowest BCUT2D eigenvalue weighted by Crippen LogP contribution is -2.31. The number of para-hydroxylation sites is 2. The molecule has 0 radical (unpaired) electrons. The van der Waals surface area contributed by atoms with Crippen molar-refractivity contribution in [2.45, 2.75) is 12.8 Å². The number of hydrogen-bond donors (Lipinski definition) is 0. The van der Waals surface area contributed by atoms with Crippen LogP contribution in [0.4, 0.5) is 5.69 Å². The summed E-state index contributed by atoms with van der Waals surface area (Å²) in [5.41, 5.74) is 0.883. The van der Waals surface area contributed by atoms with E-state index in [2.05, 4.69) is 0 Å². The summed E-state index contributed by atoms with van der Waals surface area (Å²) in [7, 11) is 1.56. The van der Waals surface area contributed by atoms with Crippen molar-refractivity contribution in [2.24, 2.45) is 11.8 Å². The summed E-state index contributed by atoms with van der Waals surface area (Å²) in [6.07, 6.45) is 5.05. The molecule has 4 rings (SSSR count). The lowest BCUT2D eigenvalue weighted by atomic mass is 9.85. The van der Waals surface area contributed by atoms with Gasteiger partial charge in [0, 0.05) is 5.56 Å². The fraction of sp³-hybridized carbons (Fsp3) is 0.261. The van der Waals surface area contributed by atoms with Crippen LogP contribution in [0.2, 0.25) is 0 Å². The molecule has 2 aromatic rings. The van der Waals surface area contributed by atoms with Crippen LogP contribution in [-0.4, -0.2) is 31.3 Å². The van der Waals surface area contributed by atoms with Crippen molar-refractivity contribution in [3.05, 3.63) is 66.2 Å². The molecule has 6 nitrogen and oxygen atoms in total. The van der Waals surface area contributed by atoms with Gasteiger partial charge in [0.1, 0.15) is 11.5 Å². The highest BCUT2D eigenvalue weighted by Crippen LogP contribution is 2.40. The third kappa shape index (κ3) is 3.53. The molecule has 0 saturated carbocycles. The summed E-state index contributed by atoms with van der Waals surface area (Å²) in [6.45, 7) is -0.200. The maximum Gasteiger partial charge on any atom is 0.238 e. The van der Waals surface area contributed by atoms with Gasteiger partial charge >= 0.3 is 0 Å². The number of carbonyl (C=O) groups is 3. The van der Waals surface area contributed by atoms with Gasteiger partial charge in [-0.3, -0.25) is 14.4 Å². The number of benzene rings is 2. The second kappa shape index (κ2) is 7.91. The lowest BCUT2D eigenvalue weighted by molar-refractivity contribution is -0.122. The van der Waals surface area contributed by atoms with Crippen LogP contribution in [0.15, 0.2) is 60.7 Å². The van der Waals surface area contributed by atoms with Crippen molar-refractivity contribution in [3.63, 3.8) is 0 Å². The quantitative estimate of drug-likeness (QED) is 0.429. The molecule has 2 amide bonds. The smallest absolute Gasteiger partial charge is 0.238 e. The summed E-state index contributed by atoms with van der Waals surface area (Å²) in [5, 5.41) is 0. The molecule has 6 heteroatoms. The zero-order valence-electron chi connectivity index (χ0n) is 16.0. The molecular formula is C23H21NO5. The van der Waals surface area contributed by atoms with Crippen molar-refractivity contribution < 1.29 is 23.9 Å². The van der Waals surface area contributed by atoms with Gasteiger partial charge in [-0.15, -0.1) is 0 Å². The molecule has 1 aliphatic carbocycles. The van der Waals surface area contributed by atoms with Gasteiger partial charge in [-0.25, -0.2) is 4.90 Å². The van der Waals surface area contributed by atoms with Gasteiger partial charge in [0.25, 0.3) is 0 Å². The monoisotopic (exact) mass is 391 g/mol. The summed E-state index contributed by atoms with van der Waals surface area (Å²) in [6, 6.07) is 13.6. The highest BCUT2D eigenvalue weighted by atomic mass is 16.5. The Balaban J connectivity index is 1.52. The number of hydrogen-bond acceptors (Lipinski definition) is 5. The minimum atomic E-state index is -0.318. The van der Waals surface area contributed by atoms with Crippen LogP contribution in [0.5, 0.6) is 11.5 Å². The minimum absolute atomic E-state index is 0.200. The first-order valence-electron chi connectivity index (χ1n) is 9.52. The molecule has 1 aliphatic heterocycles. The first-order chi connectivity index (χ1) is 14.1. The predicted molar refractivity (Wildman–Crippen MR) is 107 cm³/mol. The van der Waals surface area contributed by atoms with E-state index in [1.165, 1.54) is 4.90 Å². The first kappa shape index (κ1) is 18.9. The topological polar surface area (TPSA) is 72.9 Å². The van der Waals surface area contributed by atoms with E-state index >= 15 is 0 Å². The van der Waals surface area contributed by atoms with Gasteiger partial charge in [-0.1, -0.05) is 24.3 Å². The number of Topliss-reactive ketones (excluding diaryl/α,β-unsaturated/α-hetero) is 1. The van der Waals surface area contributed by atoms with Crippen LogP contribution in [-0.2, 0) is 9.59 Å². The Morgan fingerprint density at radius 3 is 2.21 bits per heavy atom. The van der Waals surface area contributed by atoms with E-state index in [1.807, 2.05) is 12.2 Å². The first-order valence-corrected chi connectivity index (χ1v) is 9.52. The van der Waals surface area contributed by atoms with Crippen molar-refractivity contribution in [3.8, 4) is 11.5 Å². The third-order valence-corrected chi connectivity index (χ3v) is 5.38. The van der Waals surface area contributed by atoms with Crippen LogP contribution >= 0.6 is 0 Å². The average Bonchev–Trinajstić information content (AvgIpc) is 3.02. The second-order valence-electron chi connectivity index (χ2n) is 7.08. The number of fused-ring (bicyclic) bond motifs is 1. The number of carbonyl (C=O) groups excluding carboxylic acids is 3. The highest BCUT2D eigenvalue weighted by Gasteiger charge is 2.48. The molecule has 0 unspecified atom stereocenters. The van der Waals surface area contributed by atoms with Crippen molar-refractivity contribution >= 4 is 23.3 Å². The van der Waals surface area contributed by atoms with Gasteiger partial charge in [0.15, 0.2) is 12.4 Å². The molecule has 0 spiro atoms. The molecule has 2 atom stereocenters. The molecular weight excluding hydrogens is 370 g/mol. The van der Waals surface area contributed by atoms with Crippen molar-refractivity contribution in [1.29, 1.82) is 0 Å². The molecule has 0 aromatic heterocycles. The van der Waals surface area contributed by atoms with Gasteiger partial charge in [-0.05, 0) is 49.2 Å². The van der Waals surface area contributed by atoms with Gasteiger partial charge in [0.2, 0.25) is 11.8 Å².